The summed E-state index contributed by atoms with van der Waals surface area (Å²) in [6.45, 7) is 1.06. The number of hydrogen-bond acceptors (Lipinski definition) is 2. The van der Waals surface area contributed by atoms with E-state index < -0.39 is 5.97 Å². The Morgan fingerprint density at radius 2 is 2.21 bits per heavy atom. The van der Waals surface area contributed by atoms with Crippen molar-refractivity contribution in [3.8, 4) is 0 Å². The molecule has 0 unspecified atom stereocenters. The average Bonchev–Trinajstić information content (AvgIpc) is 3.16. The number of hydrogen-bond donors (Lipinski definition) is 1. The van der Waals surface area contributed by atoms with Gasteiger partial charge in [-0.2, -0.15) is 0 Å². The van der Waals surface area contributed by atoms with Gasteiger partial charge in [-0.3, -0.25) is 0 Å². The van der Waals surface area contributed by atoms with Gasteiger partial charge in [0.2, 0.25) is 0 Å². The average molecular weight is 264 g/mol. The van der Waals surface area contributed by atoms with Crippen LogP contribution < -0.4 is 0 Å². The lowest BCUT2D eigenvalue weighted by Gasteiger charge is -2.05. The van der Waals surface area contributed by atoms with E-state index in [1.54, 1.807) is 6.07 Å². The minimum absolute atomic E-state index is 0.360. The molecule has 0 aromatic heterocycles. The predicted octanol–water partition coefficient (Wildman–Crippen LogP) is 3.24. The van der Waals surface area contributed by atoms with Crippen LogP contribution in [-0.2, 0) is 16.1 Å². The SMILES string of the molecule is O=C(O)/C=C/c1cc(F)cc(COCCC2CC2)c1. The van der Waals surface area contributed by atoms with Crippen molar-refractivity contribution >= 4 is 12.0 Å². The zero-order chi connectivity index (χ0) is 13.7. The third kappa shape index (κ3) is 5.22. The van der Waals surface area contributed by atoms with Crippen LogP contribution in [0.4, 0.5) is 4.39 Å². The van der Waals surface area contributed by atoms with Crippen molar-refractivity contribution in [3.63, 3.8) is 0 Å². The van der Waals surface area contributed by atoms with Gasteiger partial charge in [-0.05, 0) is 47.7 Å². The Labute approximate surface area is 111 Å². The molecule has 1 aromatic carbocycles. The van der Waals surface area contributed by atoms with Gasteiger partial charge in [0.05, 0.1) is 6.61 Å². The first kappa shape index (κ1) is 13.7. The van der Waals surface area contributed by atoms with E-state index in [-0.39, 0.29) is 5.82 Å². The number of rotatable bonds is 7. The first-order valence-corrected chi connectivity index (χ1v) is 6.42. The van der Waals surface area contributed by atoms with Crippen LogP contribution in [0.5, 0.6) is 0 Å². The van der Waals surface area contributed by atoms with Crippen molar-refractivity contribution in [2.24, 2.45) is 5.92 Å². The van der Waals surface area contributed by atoms with Crippen LogP contribution in [0.25, 0.3) is 6.08 Å². The van der Waals surface area contributed by atoms with Crippen LogP contribution in [0.15, 0.2) is 24.3 Å². The summed E-state index contributed by atoms with van der Waals surface area (Å²) in [7, 11) is 0. The van der Waals surface area contributed by atoms with Crippen molar-refractivity contribution in [2.45, 2.75) is 25.9 Å². The van der Waals surface area contributed by atoms with Crippen molar-refractivity contribution in [3.05, 3.63) is 41.2 Å². The zero-order valence-corrected chi connectivity index (χ0v) is 10.6. The molecule has 3 nitrogen and oxygen atoms in total. The van der Waals surface area contributed by atoms with Crippen molar-refractivity contribution in [2.75, 3.05) is 6.61 Å². The molecular formula is C15H17FO3. The molecule has 0 bridgehead atoms. The molecule has 2 rings (SSSR count). The molecule has 0 aliphatic heterocycles. The molecule has 19 heavy (non-hydrogen) atoms. The number of ether oxygens (including phenoxy) is 1. The second-order valence-corrected chi connectivity index (χ2v) is 4.85. The maximum absolute atomic E-state index is 13.4. The number of aliphatic carboxylic acids is 1. The molecule has 4 heteroatoms. The maximum Gasteiger partial charge on any atom is 0.328 e. The van der Waals surface area contributed by atoms with Crippen molar-refractivity contribution in [1.82, 2.24) is 0 Å². The second kappa shape index (κ2) is 6.48. The minimum Gasteiger partial charge on any atom is -0.478 e. The van der Waals surface area contributed by atoms with Crippen LogP contribution in [0.2, 0.25) is 0 Å². The summed E-state index contributed by atoms with van der Waals surface area (Å²) in [5.41, 5.74) is 1.25. The quantitative estimate of drug-likeness (QED) is 0.607. The molecule has 1 aliphatic carbocycles. The molecule has 0 atom stereocenters. The van der Waals surface area contributed by atoms with Gasteiger partial charge in [-0.1, -0.05) is 12.8 Å². The first-order chi connectivity index (χ1) is 9.13. The summed E-state index contributed by atoms with van der Waals surface area (Å²) in [6, 6.07) is 4.45. The van der Waals surface area contributed by atoms with Gasteiger partial charge in [-0.25, -0.2) is 9.18 Å². The van der Waals surface area contributed by atoms with E-state index in [1.807, 2.05) is 0 Å². The largest absolute Gasteiger partial charge is 0.478 e. The van der Waals surface area contributed by atoms with E-state index in [4.69, 9.17) is 9.84 Å². The standard InChI is InChI=1S/C15H17FO3/c16-14-8-12(3-4-15(17)18)7-13(9-14)10-19-6-5-11-1-2-11/h3-4,7-9,11H,1-2,5-6,10H2,(H,17,18)/b4-3+. The Bertz CT molecular complexity index is 478. The highest BCUT2D eigenvalue weighted by Gasteiger charge is 2.20. The molecule has 1 N–H and O–H groups in total. The lowest BCUT2D eigenvalue weighted by molar-refractivity contribution is -0.131. The summed E-state index contributed by atoms with van der Waals surface area (Å²) in [4.78, 5) is 10.4. The van der Waals surface area contributed by atoms with Crippen LogP contribution >= 0.6 is 0 Å². The van der Waals surface area contributed by atoms with E-state index in [9.17, 15) is 9.18 Å². The van der Waals surface area contributed by atoms with E-state index in [0.29, 0.717) is 18.8 Å². The van der Waals surface area contributed by atoms with Crippen LogP contribution in [0.3, 0.4) is 0 Å². The van der Waals surface area contributed by atoms with E-state index in [1.165, 1.54) is 31.1 Å². The lowest BCUT2D eigenvalue weighted by atomic mass is 10.1. The zero-order valence-electron chi connectivity index (χ0n) is 10.6. The predicted molar refractivity (Wildman–Crippen MR) is 70.1 cm³/mol. The van der Waals surface area contributed by atoms with Crippen LogP contribution in [-0.4, -0.2) is 17.7 Å². The normalized spacial score (nSPS) is 15.0. The summed E-state index contributed by atoms with van der Waals surface area (Å²) in [5.74, 6) is -0.610. The fourth-order valence-corrected chi connectivity index (χ4v) is 1.87. The molecule has 1 aliphatic rings. The first-order valence-electron chi connectivity index (χ1n) is 6.42. The van der Waals surface area contributed by atoms with Crippen LogP contribution in [0.1, 0.15) is 30.4 Å². The molecule has 1 saturated carbocycles. The molecule has 102 valence electrons. The molecule has 0 heterocycles. The Morgan fingerprint density at radius 1 is 1.42 bits per heavy atom. The van der Waals surface area contributed by atoms with Gasteiger partial charge in [0.15, 0.2) is 0 Å². The van der Waals surface area contributed by atoms with Crippen molar-refractivity contribution in [1.29, 1.82) is 0 Å². The van der Waals surface area contributed by atoms with Crippen LogP contribution in [0, 0.1) is 11.7 Å². The number of carboxylic acid groups (broad SMARTS) is 1. The molecule has 1 aromatic rings. The number of halogens is 1. The molecule has 0 spiro atoms. The maximum atomic E-state index is 13.4. The molecular weight excluding hydrogens is 247 g/mol. The fourth-order valence-electron chi connectivity index (χ4n) is 1.87. The smallest absolute Gasteiger partial charge is 0.328 e. The van der Waals surface area contributed by atoms with E-state index in [0.717, 1.165) is 24.0 Å². The molecule has 0 saturated heterocycles. The Kier molecular flexibility index (Phi) is 4.68. The highest BCUT2D eigenvalue weighted by Crippen LogP contribution is 2.32. The van der Waals surface area contributed by atoms with Gasteiger partial charge in [0.1, 0.15) is 5.82 Å². The van der Waals surface area contributed by atoms with E-state index in [2.05, 4.69) is 0 Å². The minimum atomic E-state index is -1.05. The van der Waals surface area contributed by atoms with Gasteiger partial charge >= 0.3 is 5.97 Å². The van der Waals surface area contributed by atoms with Gasteiger partial charge in [0, 0.05) is 12.7 Å². The van der Waals surface area contributed by atoms with Gasteiger partial charge < -0.3 is 9.84 Å². The second-order valence-electron chi connectivity index (χ2n) is 4.85. The molecule has 1 fully saturated rings. The number of carbonyl (C=O) groups is 1. The van der Waals surface area contributed by atoms with Gasteiger partial charge in [0.25, 0.3) is 0 Å². The monoisotopic (exact) mass is 264 g/mol. The highest BCUT2D eigenvalue weighted by atomic mass is 19.1. The molecule has 0 radical (unpaired) electrons. The topological polar surface area (TPSA) is 46.5 Å². The summed E-state index contributed by atoms with van der Waals surface area (Å²) in [6.07, 6.45) is 6.04. The van der Waals surface area contributed by atoms with E-state index >= 15 is 0 Å². The van der Waals surface area contributed by atoms with Crippen molar-refractivity contribution < 1.29 is 19.0 Å². The third-order valence-corrected chi connectivity index (χ3v) is 3.03. The lowest BCUT2D eigenvalue weighted by Crippen LogP contribution is -1.97. The highest BCUT2D eigenvalue weighted by molar-refractivity contribution is 5.85. The third-order valence-electron chi connectivity index (χ3n) is 3.03. The number of carboxylic acids is 1. The summed E-state index contributed by atoms with van der Waals surface area (Å²) >= 11 is 0. The summed E-state index contributed by atoms with van der Waals surface area (Å²) < 4.78 is 18.9. The Hall–Kier alpha value is -1.68. The number of benzene rings is 1. The summed E-state index contributed by atoms with van der Waals surface area (Å²) in [5, 5.41) is 8.54. The fraction of sp³-hybridized carbons (Fsp3) is 0.400. The van der Waals surface area contributed by atoms with Gasteiger partial charge in [-0.15, -0.1) is 0 Å². The molecule has 0 amide bonds. The Morgan fingerprint density at radius 3 is 2.89 bits per heavy atom. The Balaban J connectivity index is 1.89.